The average molecular weight is 471 g/mol. The Hall–Kier alpha value is -3.59. The predicted molar refractivity (Wildman–Crippen MR) is 132 cm³/mol. The van der Waals surface area contributed by atoms with Gasteiger partial charge in [0.05, 0.1) is 17.6 Å². The summed E-state index contributed by atoms with van der Waals surface area (Å²) in [7, 11) is 0. The van der Waals surface area contributed by atoms with Gasteiger partial charge in [-0.25, -0.2) is 14.4 Å². The number of hydrogen-bond acceptors (Lipinski definition) is 7. The van der Waals surface area contributed by atoms with Crippen molar-refractivity contribution in [3.63, 3.8) is 0 Å². The summed E-state index contributed by atoms with van der Waals surface area (Å²) in [5.74, 6) is 1.50. The van der Waals surface area contributed by atoms with Crippen LogP contribution in [-0.4, -0.2) is 44.8 Å². The maximum atomic E-state index is 14.4. The first kappa shape index (κ1) is 20.8. The fourth-order valence-electron chi connectivity index (χ4n) is 6.25. The molecule has 0 unspecified atom stereocenters. The van der Waals surface area contributed by atoms with Gasteiger partial charge in [-0.05, 0) is 66.8 Å². The van der Waals surface area contributed by atoms with Gasteiger partial charge < -0.3 is 15.5 Å². The number of H-pyrrole nitrogens is 1. The zero-order valence-corrected chi connectivity index (χ0v) is 19.4. The maximum absolute atomic E-state index is 14.4. The molecule has 0 amide bonds. The van der Waals surface area contributed by atoms with Crippen molar-refractivity contribution >= 4 is 28.5 Å². The minimum Gasteiger partial charge on any atom is -0.355 e. The molecule has 3 N–H and O–H groups in total. The number of hydrogen-bond donors (Lipinski definition) is 2. The van der Waals surface area contributed by atoms with Crippen molar-refractivity contribution in [3.05, 3.63) is 65.4 Å². The third kappa shape index (κ3) is 3.14. The lowest BCUT2D eigenvalue weighted by atomic mass is 9.73. The molecule has 5 heterocycles. The molecule has 1 fully saturated rings. The van der Waals surface area contributed by atoms with E-state index in [-0.39, 0.29) is 17.3 Å². The molecule has 3 aliphatic rings. The smallest absolute Gasteiger partial charge is 0.183 e. The fourth-order valence-corrected chi connectivity index (χ4v) is 6.25. The first-order valence-corrected chi connectivity index (χ1v) is 12.3. The van der Waals surface area contributed by atoms with Gasteiger partial charge in [-0.15, -0.1) is 0 Å². The third-order valence-corrected chi connectivity index (χ3v) is 8.21. The zero-order chi connectivity index (χ0) is 23.6. The Balaban J connectivity index is 1.13. The lowest BCUT2D eigenvalue weighted by Crippen LogP contribution is -2.44. The summed E-state index contributed by atoms with van der Waals surface area (Å²) in [6.07, 6.45) is 8.19. The predicted octanol–water partition coefficient (Wildman–Crippen LogP) is 3.81. The Morgan fingerprint density at radius 2 is 1.97 bits per heavy atom. The Morgan fingerprint density at radius 1 is 1.09 bits per heavy atom. The first-order chi connectivity index (χ1) is 17.1. The fraction of sp³-hybridized carbons (Fsp3) is 0.385. The number of benzene rings is 1. The number of anilines is 3. The number of halogens is 1. The van der Waals surface area contributed by atoms with Crippen LogP contribution in [0.2, 0.25) is 0 Å². The van der Waals surface area contributed by atoms with Crippen molar-refractivity contribution in [3.8, 4) is 0 Å². The molecule has 1 aliphatic carbocycles. The normalized spacial score (nSPS) is 20.9. The van der Waals surface area contributed by atoms with Gasteiger partial charge in [0.15, 0.2) is 17.0 Å². The van der Waals surface area contributed by atoms with Gasteiger partial charge >= 0.3 is 0 Å². The molecule has 0 radical (unpaired) electrons. The summed E-state index contributed by atoms with van der Waals surface area (Å²) in [5, 5.41) is 7.68. The SMILES string of the molecule is N[C@@H]1c2cccc(F)c2CC12CCN(c1cnc3c(N4CCCc5ncccc54)n[nH]c3n1)CC2. The van der Waals surface area contributed by atoms with E-state index in [2.05, 4.69) is 31.0 Å². The van der Waals surface area contributed by atoms with E-state index in [1.54, 1.807) is 12.1 Å². The van der Waals surface area contributed by atoms with Crippen LogP contribution in [0.1, 0.15) is 42.1 Å². The molecule has 1 spiro atoms. The van der Waals surface area contributed by atoms with Gasteiger partial charge in [0.25, 0.3) is 0 Å². The van der Waals surface area contributed by atoms with Crippen LogP contribution in [-0.2, 0) is 12.8 Å². The van der Waals surface area contributed by atoms with Crippen molar-refractivity contribution in [2.24, 2.45) is 11.1 Å². The second-order valence-electron chi connectivity index (χ2n) is 10.0. The Bertz CT molecular complexity index is 1420. The minimum absolute atomic E-state index is 0.0879. The van der Waals surface area contributed by atoms with Crippen LogP contribution < -0.4 is 15.5 Å². The van der Waals surface area contributed by atoms with E-state index in [1.807, 2.05) is 24.5 Å². The maximum Gasteiger partial charge on any atom is 0.183 e. The summed E-state index contributed by atoms with van der Waals surface area (Å²) < 4.78 is 14.4. The third-order valence-electron chi connectivity index (χ3n) is 8.21. The number of aromatic nitrogens is 5. The van der Waals surface area contributed by atoms with Crippen LogP contribution in [0, 0.1) is 11.2 Å². The number of nitrogens with zero attached hydrogens (tertiary/aromatic N) is 6. The monoisotopic (exact) mass is 470 g/mol. The molecule has 35 heavy (non-hydrogen) atoms. The topological polar surface area (TPSA) is 99.9 Å². The van der Waals surface area contributed by atoms with Gasteiger partial charge in [0.2, 0.25) is 0 Å². The highest BCUT2D eigenvalue weighted by Crippen LogP contribution is 2.51. The molecule has 1 atom stereocenters. The first-order valence-electron chi connectivity index (χ1n) is 12.3. The van der Waals surface area contributed by atoms with Crippen molar-refractivity contribution in [2.45, 2.75) is 38.1 Å². The van der Waals surface area contributed by atoms with Crippen LogP contribution in [0.15, 0.2) is 42.7 Å². The minimum atomic E-state index is -0.129. The van der Waals surface area contributed by atoms with E-state index in [9.17, 15) is 4.39 Å². The lowest BCUT2D eigenvalue weighted by Gasteiger charge is -2.42. The number of aryl methyl sites for hydroxylation is 1. The molecule has 7 rings (SSSR count). The van der Waals surface area contributed by atoms with Crippen LogP contribution in [0.5, 0.6) is 0 Å². The summed E-state index contributed by atoms with van der Waals surface area (Å²) in [6.45, 7) is 2.50. The van der Waals surface area contributed by atoms with E-state index < -0.39 is 0 Å². The van der Waals surface area contributed by atoms with Gasteiger partial charge in [-0.2, -0.15) is 5.10 Å². The summed E-state index contributed by atoms with van der Waals surface area (Å²) >= 11 is 0. The number of nitrogens with two attached hydrogens (primary N) is 1. The van der Waals surface area contributed by atoms with E-state index in [1.165, 1.54) is 0 Å². The largest absolute Gasteiger partial charge is 0.355 e. The quantitative estimate of drug-likeness (QED) is 0.459. The molecule has 0 bridgehead atoms. The molecule has 9 heteroatoms. The van der Waals surface area contributed by atoms with Crippen LogP contribution in [0.25, 0.3) is 11.2 Å². The Labute approximate surface area is 202 Å². The highest BCUT2D eigenvalue weighted by molar-refractivity contribution is 5.87. The summed E-state index contributed by atoms with van der Waals surface area (Å²) in [5.41, 5.74) is 12.0. The van der Waals surface area contributed by atoms with E-state index in [4.69, 9.17) is 15.7 Å². The molecule has 1 saturated heterocycles. The number of nitrogens with one attached hydrogen (secondary N) is 1. The van der Waals surface area contributed by atoms with Gasteiger partial charge in [-0.1, -0.05) is 12.1 Å². The number of fused-ring (bicyclic) bond motifs is 3. The van der Waals surface area contributed by atoms with Crippen molar-refractivity contribution in [2.75, 3.05) is 29.4 Å². The van der Waals surface area contributed by atoms with Crippen molar-refractivity contribution < 1.29 is 4.39 Å². The van der Waals surface area contributed by atoms with E-state index in [0.717, 1.165) is 85.0 Å². The molecule has 4 aromatic rings. The molecule has 3 aromatic heterocycles. The summed E-state index contributed by atoms with van der Waals surface area (Å²) in [4.78, 5) is 18.6. The van der Waals surface area contributed by atoms with Crippen LogP contribution >= 0.6 is 0 Å². The van der Waals surface area contributed by atoms with Crippen molar-refractivity contribution in [1.29, 1.82) is 0 Å². The Morgan fingerprint density at radius 3 is 2.83 bits per heavy atom. The summed E-state index contributed by atoms with van der Waals surface area (Å²) in [6, 6.07) is 9.22. The van der Waals surface area contributed by atoms with Gasteiger partial charge in [-0.3, -0.25) is 10.1 Å². The van der Waals surface area contributed by atoms with Gasteiger partial charge in [0, 0.05) is 31.9 Å². The molecule has 8 nitrogen and oxygen atoms in total. The molecule has 2 aliphatic heterocycles. The van der Waals surface area contributed by atoms with E-state index >= 15 is 0 Å². The number of aromatic amines is 1. The van der Waals surface area contributed by atoms with Gasteiger partial charge in [0.1, 0.15) is 11.6 Å². The van der Waals surface area contributed by atoms with Crippen LogP contribution in [0.3, 0.4) is 0 Å². The molecule has 1 aromatic carbocycles. The van der Waals surface area contributed by atoms with Crippen molar-refractivity contribution in [1.82, 2.24) is 25.1 Å². The number of rotatable bonds is 2. The standard InChI is InChI=1S/C26H27FN8/c27-18-5-1-4-16-17(18)14-26(23(16)28)8-12-34(13-9-26)21-15-30-22-24(31-21)32-33-25(22)35-11-3-6-19-20(35)7-2-10-29-19/h1-2,4-5,7,10,15,23H,3,6,8-9,11-14,28H2,(H,31,32,33)/t23-/m1/s1. The zero-order valence-electron chi connectivity index (χ0n) is 19.4. The molecular weight excluding hydrogens is 443 g/mol. The second kappa shape index (κ2) is 7.71. The molecule has 0 saturated carbocycles. The number of pyridine rings is 1. The molecule has 178 valence electrons. The van der Waals surface area contributed by atoms with E-state index in [0.29, 0.717) is 12.1 Å². The highest BCUT2D eigenvalue weighted by Gasteiger charge is 2.47. The lowest BCUT2D eigenvalue weighted by molar-refractivity contribution is 0.186. The average Bonchev–Trinajstić information content (AvgIpc) is 3.44. The van der Waals surface area contributed by atoms with Crippen LogP contribution in [0.4, 0.5) is 21.7 Å². The number of piperidine rings is 1. The molecular formula is C26H27FN8. The Kier molecular flexibility index (Phi) is 4.57. The second-order valence-corrected chi connectivity index (χ2v) is 10.0. The highest BCUT2D eigenvalue weighted by atomic mass is 19.1.